The van der Waals surface area contributed by atoms with Gasteiger partial charge in [0.2, 0.25) is 0 Å². The van der Waals surface area contributed by atoms with Crippen molar-refractivity contribution >= 4 is 6.08 Å². The second kappa shape index (κ2) is 2.22. The fraction of sp³-hybridized carbons (Fsp3) is 0.100. The largest absolute Gasteiger partial charge is 0.196 e. The van der Waals surface area contributed by atoms with E-state index in [-0.39, 0.29) is 0 Å². The lowest BCUT2D eigenvalue weighted by atomic mass is 9.98. The zero-order chi connectivity index (χ0) is 6.81. The predicted octanol–water partition coefficient (Wildman–Crippen LogP) is 2.53. The predicted molar refractivity (Wildman–Crippen MR) is 42.4 cm³/mol. The highest BCUT2D eigenvalue weighted by Gasteiger charge is 1.90. The summed E-state index contributed by atoms with van der Waals surface area (Å²) in [6.45, 7) is 0. The molecular weight excluding hydrogens is 120 g/mol. The van der Waals surface area contributed by atoms with Gasteiger partial charge < -0.3 is 0 Å². The van der Waals surface area contributed by atoms with Gasteiger partial charge in [0.05, 0.1) is 0 Å². The Morgan fingerprint density at radius 1 is 1.20 bits per heavy atom. The van der Waals surface area contributed by atoms with Crippen LogP contribution in [-0.4, -0.2) is 0 Å². The number of fused-ring (bicyclic) bond motifs is 1. The van der Waals surface area contributed by atoms with Crippen molar-refractivity contribution in [2.75, 3.05) is 0 Å². The molecule has 1 aliphatic carbocycles. The lowest BCUT2D eigenvalue weighted by Crippen LogP contribution is -1.89. The second-order valence-corrected chi connectivity index (χ2v) is 2.37. The third kappa shape index (κ3) is 0.820. The van der Waals surface area contributed by atoms with Crippen molar-refractivity contribution < 1.29 is 0 Å². The minimum absolute atomic E-state index is 0.955. The minimum atomic E-state index is 0.955. The molecule has 1 radical (unpaired) electrons. The van der Waals surface area contributed by atoms with Gasteiger partial charge in [0.1, 0.15) is 0 Å². The van der Waals surface area contributed by atoms with Crippen molar-refractivity contribution in [3.8, 4) is 0 Å². The van der Waals surface area contributed by atoms with Crippen LogP contribution in [-0.2, 0) is 0 Å². The molecule has 0 aromatic heterocycles. The van der Waals surface area contributed by atoms with Crippen molar-refractivity contribution in [3.63, 3.8) is 0 Å². The maximum absolute atomic E-state index is 3.28. The Bertz CT molecular complexity index is 258. The van der Waals surface area contributed by atoms with Gasteiger partial charge in [-0.2, -0.15) is 18.1 Å². The molecule has 0 heterocycles. The summed E-state index contributed by atoms with van der Waals surface area (Å²) in [7, 11) is 0. The third-order valence-corrected chi connectivity index (χ3v) is 1.67. The molecule has 0 N–H and O–H groups in total. The Morgan fingerprint density at radius 2 is 2.10 bits per heavy atom. The number of benzene rings is 1. The molecule has 2 rings (SSSR count). The number of rotatable bonds is 0. The van der Waals surface area contributed by atoms with Gasteiger partial charge in [-0.15, -0.1) is 29.8 Å². The Hall–Kier alpha value is -1.17. The molecule has 0 unspecified atom stereocenters. The van der Waals surface area contributed by atoms with Gasteiger partial charge >= 0.3 is 0 Å². The van der Waals surface area contributed by atoms with Crippen molar-refractivity contribution in [2.24, 2.45) is 0 Å². The van der Waals surface area contributed by atoms with Crippen LogP contribution in [0.4, 0.5) is 0 Å². The van der Waals surface area contributed by atoms with E-state index in [0.29, 0.717) is 0 Å². The lowest BCUT2D eigenvalue weighted by molar-refractivity contribution is 1.22. The molecule has 0 bridgehead atoms. The van der Waals surface area contributed by atoms with Gasteiger partial charge in [-0.25, -0.2) is 0 Å². The molecular formula is C10H8-. The average Bonchev–Trinajstić information content (AvgIpc) is 2.05. The SMILES string of the molecule is [C-]1CC=Cc2ccccc21. The van der Waals surface area contributed by atoms with E-state index >= 15 is 0 Å². The summed E-state index contributed by atoms with van der Waals surface area (Å²) in [6.07, 6.45) is 8.50. The Morgan fingerprint density at radius 3 is 3.00 bits per heavy atom. The van der Waals surface area contributed by atoms with Crippen LogP contribution in [0.3, 0.4) is 0 Å². The van der Waals surface area contributed by atoms with Crippen molar-refractivity contribution in [1.82, 2.24) is 0 Å². The van der Waals surface area contributed by atoms with Crippen LogP contribution < -0.4 is 0 Å². The molecule has 10 heavy (non-hydrogen) atoms. The first-order chi connectivity index (χ1) is 4.97. The smallest absolute Gasteiger partial charge is 0.0665 e. The molecule has 0 nitrogen and oxygen atoms in total. The van der Waals surface area contributed by atoms with Crippen LogP contribution in [0.5, 0.6) is 0 Å². The summed E-state index contributed by atoms with van der Waals surface area (Å²) in [5, 5.41) is 0. The van der Waals surface area contributed by atoms with Crippen LogP contribution in [0, 0.1) is 6.42 Å². The molecule has 0 amide bonds. The summed E-state index contributed by atoms with van der Waals surface area (Å²) in [4.78, 5) is 0. The summed E-state index contributed by atoms with van der Waals surface area (Å²) in [6, 6.07) is 8.30. The summed E-state index contributed by atoms with van der Waals surface area (Å²) in [5.41, 5.74) is 2.53. The first kappa shape index (κ1) is 5.60. The van der Waals surface area contributed by atoms with E-state index in [2.05, 4.69) is 36.8 Å². The van der Waals surface area contributed by atoms with Gasteiger partial charge in [0.15, 0.2) is 0 Å². The zero-order valence-corrected chi connectivity index (χ0v) is 5.67. The van der Waals surface area contributed by atoms with Gasteiger partial charge in [0, 0.05) is 0 Å². The molecule has 0 aliphatic heterocycles. The van der Waals surface area contributed by atoms with Crippen LogP contribution >= 0.6 is 0 Å². The quantitative estimate of drug-likeness (QED) is 0.471. The van der Waals surface area contributed by atoms with Crippen LogP contribution in [0.1, 0.15) is 17.5 Å². The minimum Gasteiger partial charge on any atom is -0.196 e. The number of allylic oxidation sites excluding steroid dienone is 1. The average molecular weight is 128 g/mol. The Balaban J connectivity index is 2.54. The van der Waals surface area contributed by atoms with E-state index in [9.17, 15) is 0 Å². The van der Waals surface area contributed by atoms with E-state index in [1.165, 1.54) is 11.1 Å². The Kier molecular flexibility index (Phi) is 1.24. The van der Waals surface area contributed by atoms with E-state index in [4.69, 9.17) is 0 Å². The molecule has 0 fully saturated rings. The molecule has 0 atom stereocenters. The summed E-state index contributed by atoms with van der Waals surface area (Å²) in [5.74, 6) is 0. The lowest BCUT2D eigenvalue weighted by Gasteiger charge is -2.18. The van der Waals surface area contributed by atoms with Gasteiger partial charge in [-0.1, -0.05) is 12.5 Å². The van der Waals surface area contributed by atoms with Gasteiger partial charge in [-0.05, 0) is 0 Å². The normalized spacial score (nSPS) is 14.0. The van der Waals surface area contributed by atoms with Crippen LogP contribution in [0.15, 0.2) is 30.3 Å². The van der Waals surface area contributed by atoms with E-state index in [1.807, 2.05) is 6.07 Å². The monoisotopic (exact) mass is 128 g/mol. The molecule has 0 spiro atoms. The molecule has 49 valence electrons. The summed E-state index contributed by atoms with van der Waals surface area (Å²) >= 11 is 0. The molecule has 0 saturated heterocycles. The van der Waals surface area contributed by atoms with Crippen LogP contribution in [0.2, 0.25) is 0 Å². The molecule has 1 aliphatic rings. The molecule has 0 heteroatoms. The maximum atomic E-state index is 3.28. The molecule has 1 aromatic rings. The van der Waals surface area contributed by atoms with Crippen molar-refractivity contribution in [1.29, 1.82) is 0 Å². The standard InChI is InChI=1S/C10H8/c1-2-6-10-8-4-3-7-9(10)5-1/h1-3,5-7H,4H2/q-1. The van der Waals surface area contributed by atoms with Crippen LogP contribution in [0.25, 0.3) is 6.08 Å². The van der Waals surface area contributed by atoms with Crippen molar-refractivity contribution in [3.05, 3.63) is 47.9 Å². The fourth-order valence-corrected chi connectivity index (χ4v) is 1.16. The highest BCUT2D eigenvalue weighted by Crippen LogP contribution is 2.19. The van der Waals surface area contributed by atoms with E-state index in [0.717, 1.165) is 6.42 Å². The second-order valence-electron chi connectivity index (χ2n) is 2.37. The molecule has 0 saturated carbocycles. The van der Waals surface area contributed by atoms with E-state index < -0.39 is 0 Å². The topological polar surface area (TPSA) is 0 Å². The first-order valence-corrected chi connectivity index (χ1v) is 3.46. The summed E-state index contributed by atoms with van der Waals surface area (Å²) < 4.78 is 0. The number of hydrogen-bond donors (Lipinski definition) is 0. The maximum Gasteiger partial charge on any atom is -0.0665 e. The van der Waals surface area contributed by atoms with Gasteiger partial charge in [0.25, 0.3) is 0 Å². The van der Waals surface area contributed by atoms with Crippen molar-refractivity contribution in [2.45, 2.75) is 6.42 Å². The zero-order valence-electron chi connectivity index (χ0n) is 5.67. The highest BCUT2D eigenvalue weighted by atomic mass is 14.1. The fourth-order valence-electron chi connectivity index (χ4n) is 1.16. The molecule has 1 aromatic carbocycles. The first-order valence-electron chi connectivity index (χ1n) is 3.46. The highest BCUT2D eigenvalue weighted by molar-refractivity contribution is 5.58. The van der Waals surface area contributed by atoms with E-state index in [1.54, 1.807) is 0 Å². The van der Waals surface area contributed by atoms with Gasteiger partial charge in [-0.3, -0.25) is 0 Å². The number of hydrogen-bond acceptors (Lipinski definition) is 0. The third-order valence-electron chi connectivity index (χ3n) is 1.67. The Labute approximate surface area is 61.2 Å².